The highest BCUT2D eigenvalue weighted by Crippen LogP contribution is 2.16. The van der Waals surface area contributed by atoms with E-state index < -0.39 is 5.97 Å². The molecular formula is C20H15FN2O2. The molecular weight excluding hydrogens is 319 g/mol. The fraction of sp³-hybridized carbons (Fsp3) is 0. The average Bonchev–Trinajstić information content (AvgIpc) is 2.62. The summed E-state index contributed by atoms with van der Waals surface area (Å²) in [4.78, 5) is 16.3. The molecule has 0 saturated carbocycles. The number of hydrogen-bond acceptors (Lipinski definition) is 4. The molecule has 0 heterocycles. The van der Waals surface area contributed by atoms with Crippen molar-refractivity contribution >= 4 is 23.6 Å². The first-order valence-corrected chi connectivity index (χ1v) is 7.57. The van der Waals surface area contributed by atoms with E-state index in [1.165, 1.54) is 12.1 Å². The molecule has 0 saturated heterocycles. The zero-order valence-electron chi connectivity index (χ0n) is 13.2. The first kappa shape index (κ1) is 16.4. The van der Waals surface area contributed by atoms with Crippen LogP contribution in [0.25, 0.3) is 0 Å². The zero-order chi connectivity index (χ0) is 17.6. The Labute approximate surface area is 144 Å². The van der Waals surface area contributed by atoms with Crippen LogP contribution in [-0.2, 0) is 0 Å². The van der Waals surface area contributed by atoms with Crippen molar-refractivity contribution in [1.29, 1.82) is 0 Å². The highest BCUT2D eigenvalue weighted by Gasteiger charge is 2.08. The minimum absolute atomic E-state index is 0.301. The van der Waals surface area contributed by atoms with Crippen LogP contribution in [-0.4, -0.2) is 12.2 Å². The Balaban J connectivity index is 1.65. The van der Waals surface area contributed by atoms with Gasteiger partial charge in [0.1, 0.15) is 11.6 Å². The minimum atomic E-state index is -0.472. The molecule has 0 fully saturated rings. The number of aliphatic imine (C=N–C) groups is 1. The second-order valence-corrected chi connectivity index (χ2v) is 5.32. The van der Waals surface area contributed by atoms with Crippen molar-refractivity contribution in [3.63, 3.8) is 0 Å². The Bertz CT molecular complexity index is 904. The van der Waals surface area contributed by atoms with Gasteiger partial charge in [0.15, 0.2) is 0 Å². The number of carbonyl (C=O) groups is 1. The molecule has 0 atom stereocenters. The van der Waals surface area contributed by atoms with Crippen LogP contribution in [0, 0.1) is 5.82 Å². The molecule has 0 aliphatic carbocycles. The summed E-state index contributed by atoms with van der Waals surface area (Å²) in [5.74, 6) is -0.350. The molecule has 2 N–H and O–H groups in total. The van der Waals surface area contributed by atoms with Gasteiger partial charge in [-0.15, -0.1) is 0 Å². The number of halogens is 1. The van der Waals surface area contributed by atoms with Gasteiger partial charge in [0.05, 0.1) is 11.3 Å². The van der Waals surface area contributed by atoms with E-state index in [1.54, 1.807) is 66.9 Å². The van der Waals surface area contributed by atoms with Gasteiger partial charge >= 0.3 is 5.97 Å². The molecule has 4 nitrogen and oxygen atoms in total. The fourth-order valence-electron chi connectivity index (χ4n) is 2.13. The van der Waals surface area contributed by atoms with Gasteiger partial charge in [0.25, 0.3) is 0 Å². The number of nitrogens with zero attached hydrogens (tertiary/aromatic N) is 1. The third kappa shape index (κ3) is 4.51. The molecule has 124 valence electrons. The molecule has 0 aliphatic rings. The quantitative estimate of drug-likeness (QED) is 0.333. The summed E-state index contributed by atoms with van der Waals surface area (Å²) < 4.78 is 18.1. The Hall–Kier alpha value is -3.47. The number of rotatable bonds is 4. The normalized spacial score (nSPS) is 10.8. The SMILES string of the molecule is Nc1cccc(C(=O)Oc2ccc(C=Nc3ccc(F)cc3)cc2)c1. The molecule has 3 rings (SSSR count). The van der Waals surface area contributed by atoms with Gasteiger partial charge in [-0.2, -0.15) is 0 Å². The standard InChI is InChI=1S/C20H15FN2O2/c21-16-6-8-18(9-7-16)23-13-14-4-10-19(11-5-14)25-20(24)15-2-1-3-17(22)12-15/h1-13H,22H2. The van der Waals surface area contributed by atoms with Crippen LogP contribution in [0.2, 0.25) is 0 Å². The molecule has 0 amide bonds. The van der Waals surface area contributed by atoms with Crippen molar-refractivity contribution in [1.82, 2.24) is 0 Å². The van der Waals surface area contributed by atoms with Crippen molar-refractivity contribution in [3.05, 3.63) is 89.7 Å². The second kappa shape index (κ2) is 7.40. The maximum absolute atomic E-state index is 12.8. The molecule has 3 aromatic rings. The van der Waals surface area contributed by atoms with E-state index in [4.69, 9.17) is 10.5 Å². The largest absolute Gasteiger partial charge is 0.423 e. The summed E-state index contributed by atoms with van der Waals surface area (Å²) in [6.07, 6.45) is 1.65. The van der Waals surface area contributed by atoms with Gasteiger partial charge in [-0.3, -0.25) is 4.99 Å². The summed E-state index contributed by atoms with van der Waals surface area (Å²) in [5, 5.41) is 0. The minimum Gasteiger partial charge on any atom is -0.423 e. The molecule has 0 unspecified atom stereocenters. The third-order valence-corrected chi connectivity index (χ3v) is 3.40. The van der Waals surface area contributed by atoms with Crippen LogP contribution < -0.4 is 10.5 Å². The van der Waals surface area contributed by atoms with E-state index in [-0.39, 0.29) is 5.82 Å². The molecule has 0 aromatic heterocycles. The van der Waals surface area contributed by atoms with Crippen molar-refractivity contribution in [3.8, 4) is 5.75 Å². The number of nitrogens with two attached hydrogens (primary N) is 1. The molecule has 0 radical (unpaired) electrons. The van der Waals surface area contributed by atoms with Gasteiger partial charge < -0.3 is 10.5 Å². The average molecular weight is 334 g/mol. The number of benzene rings is 3. The first-order chi connectivity index (χ1) is 12.1. The summed E-state index contributed by atoms with van der Waals surface area (Å²) in [6, 6.07) is 19.4. The number of anilines is 1. The van der Waals surface area contributed by atoms with E-state index in [2.05, 4.69) is 4.99 Å². The summed E-state index contributed by atoms with van der Waals surface area (Å²) in [7, 11) is 0. The molecule has 3 aromatic carbocycles. The number of esters is 1. The van der Waals surface area contributed by atoms with Gasteiger partial charge in [-0.05, 0) is 72.3 Å². The van der Waals surface area contributed by atoms with Crippen LogP contribution in [0.1, 0.15) is 15.9 Å². The van der Waals surface area contributed by atoms with Gasteiger partial charge in [0.2, 0.25) is 0 Å². The van der Waals surface area contributed by atoms with Crippen molar-refractivity contribution in [2.24, 2.45) is 4.99 Å². The van der Waals surface area contributed by atoms with Crippen LogP contribution in [0.4, 0.5) is 15.8 Å². The maximum atomic E-state index is 12.8. The zero-order valence-corrected chi connectivity index (χ0v) is 13.2. The highest BCUT2D eigenvalue weighted by molar-refractivity contribution is 5.92. The van der Waals surface area contributed by atoms with Crippen molar-refractivity contribution in [2.75, 3.05) is 5.73 Å². The van der Waals surface area contributed by atoms with E-state index in [0.717, 1.165) is 5.56 Å². The van der Waals surface area contributed by atoms with Crippen LogP contribution in [0.15, 0.2) is 77.8 Å². The monoisotopic (exact) mass is 334 g/mol. The van der Waals surface area contributed by atoms with E-state index in [1.807, 2.05) is 0 Å². The Morgan fingerprint density at radius 1 is 1.00 bits per heavy atom. The Morgan fingerprint density at radius 3 is 2.40 bits per heavy atom. The maximum Gasteiger partial charge on any atom is 0.343 e. The lowest BCUT2D eigenvalue weighted by molar-refractivity contribution is 0.0735. The van der Waals surface area contributed by atoms with E-state index in [0.29, 0.717) is 22.7 Å². The van der Waals surface area contributed by atoms with Crippen molar-refractivity contribution in [2.45, 2.75) is 0 Å². The lowest BCUT2D eigenvalue weighted by atomic mass is 10.2. The smallest absolute Gasteiger partial charge is 0.343 e. The molecule has 5 heteroatoms. The predicted octanol–water partition coefficient (Wildman–Crippen LogP) is 4.38. The Morgan fingerprint density at radius 2 is 1.72 bits per heavy atom. The van der Waals surface area contributed by atoms with Crippen LogP contribution in [0.3, 0.4) is 0 Å². The molecule has 0 aliphatic heterocycles. The van der Waals surface area contributed by atoms with Crippen LogP contribution in [0.5, 0.6) is 5.75 Å². The number of carbonyl (C=O) groups excluding carboxylic acids is 1. The van der Waals surface area contributed by atoms with Crippen LogP contribution >= 0.6 is 0 Å². The number of nitrogen functional groups attached to an aromatic ring is 1. The fourth-order valence-corrected chi connectivity index (χ4v) is 2.13. The number of ether oxygens (including phenoxy) is 1. The van der Waals surface area contributed by atoms with Gasteiger partial charge in [-0.1, -0.05) is 6.07 Å². The first-order valence-electron chi connectivity index (χ1n) is 7.57. The topological polar surface area (TPSA) is 64.7 Å². The summed E-state index contributed by atoms with van der Waals surface area (Å²) >= 11 is 0. The summed E-state index contributed by atoms with van der Waals surface area (Å²) in [6.45, 7) is 0. The van der Waals surface area contributed by atoms with Gasteiger partial charge in [0, 0.05) is 11.9 Å². The van der Waals surface area contributed by atoms with Gasteiger partial charge in [-0.25, -0.2) is 9.18 Å². The molecule has 25 heavy (non-hydrogen) atoms. The highest BCUT2D eigenvalue weighted by atomic mass is 19.1. The predicted molar refractivity (Wildman–Crippen MR) is 95.9 cm³/mol. The van der Waals surface area contributed by atoms with Crippen molar-refractivity contribution < 1.29 is 13.9 Å². The molecule has 0 spiro atoms. The Kier molecular flexibility index (Phi) is 4.85. The van der Waals surface area contributed by atoms with E-state index >= 15 is 0 Å². The lowest BCUT2D eigenvalue weighted by Gasteiger charge is -2.05. The number of hydrogen-bond donors (Lipinski definition) is 1. The molecule has 0 bridgehead atoms. The third-order valence-electron chi connectivity index (χ3n) is 3.40. The second-order valence-electron chi connectivity index (χ2n) is 5.32. The lowest BCUT2D eigenvalue weighted by Crippen LogP contribution is -2.08. The van der Waals surface area contributed by atoms with E-state index in [9.17, 15) is 9.18 Å². The summed E-state index contributed by atoms with van der Waals surface area (Å²) in [5.41, 5.74) is 8.03.